The highest BCUT2D eigenvalue weighted by atomic mass is 16.5. The topological polar surface area (TPSA) is 46.5 Å². The van der Waals surface area contributed by atoms with E-state index in [-0.39, 0.29) is 18.6 Å². The Hall–Kier alpha value is -0.570. The summed E-state index contributed by atoms with van der Waals surface area (Å²) in [5.41, 5.74) is 0. The van der Waals surface area contributed by atoms with Crippen LogP contribution in [0.1, 0.15) is 46.0 Å². The van der Waals surface area contributed by atoms with Gasteiger partial charge >= 0.3 is 5.97 Å². The summed E-state index contributed by atoms with van der Waals surface area (Å²) in [6.45, 7) is 4.07. The third-order valence-electron chi connectivity index (χ3n) is 2.78. The van der Waals surface area contributed by atoms with Crippen molar-refractivity contribution in [1.29, 1.82) is 0 Å². The lowest BCUT2D eigenvalue weighted by Crippen LogP contribution is -2.26. The second-order valence-electron chi connectivity index (χ2n) is 4.44. The molecule has 3 atom stereocenters. The largest absolute Gasteiger partial charge is 0.481 e. The zero-order chi connectivity index (χ0) is 10.6. The van der Waals surface area contributed by atoms with Gasteiger partial charge in [-0.05, 0) is 25.7 Å². The van der Waals surface area contributed by atoms with Gasteiger partial charge in [0.2, 0.25) is 0 Å². The van der Waals surface area contributed by atoms with Crippen LogP contribution in [0, 0.1) is 5.92 Å². The first-order chi connectivity index (χ1) is 6.58. The second kappa shape index (κ2) is 5.35. The molecule has 3 unspecified atom stereocenters. The maximum absolute atomic E-state index is 10.4. The Kier molecular flexibility index (Phi) is 4.39. The van der Waals surface area contributed by atoms with Crippen LogP contribution in [0.2, 0.25) is 0 Å². The fraction of sp³-hybridized carbons (Fsp3) is 0.909. The molecule has 0 amide bonds. The normalized spacial score (nSPS) is 29.9. The molecule has 0 aromatic rings. The summed E-state index contributed by atoms with van der Waals surface area (Å²) < 4.78 is 5.69. The van der Waals surface area contributed by atoms with Gasteiger partial charge in [0.1, 0.15) is 0 Å². The molecule has 0 spiro atoms. The van der Waals surface area contributed by atoms with Crippen molar-refractivity contribution < 1.29 is 14.6 Å². The van der Waals surface area contributed by atoms with Crippen LogP contribution in [0.5, 0.6) is 0 Å². The van der Waals surface area contributed by atoms with Crippen molar-refractivity contribution in [3.63, 3.8) is 0 Å². The van der Waals surface area contributed by atoms with Crippen LogP contribution in [0.15, 0.2) is 0 Å². The minimum Gasteiger partial charge on any atom is -0.481 e. The number of carboxylic acid groups (broad SMARTS) is 1. The van der Waals surface area contributed by atoms with E-state index in [1.54, 1.807) is 0 Å². The van der Waals surface area contributed by atoms with E-state index in [4.69, 9.17) is 9.84 Å². The van der Waals surface area contributed by atoms with Crippen molar-refractivity contribution in [2.75, 3.05) is 0 Å². The molecule has 0 aliphatic heterocycles. The summed E-state index contributed by atoms with van der Waals surface area (Å²) in [7, 11) is 0. The van der Waals surface area contributed by atoms with Gasteiger partial charge in [-0.2, -0.15) is 0 Å². The highest BCUT2D eigenvalue weighted by Crippen LogP contribution is 2.26. The molecule has 0 saturated heterocycles. The molecule has 0 aromatic carbocycles. The molecule has 1 fully saturated rings. The van der Waals surface area contributed by atoms with E-state index in [0.717, 1.165) is 18.8 Å². The Bertz CT molecular complexity index is 191. The summed E-state index contributed by atoms with van der Waals surface area (Å²) in [5, 5.41) is 8.59. The molecule has 3 heteroatoms. The third kappa shape index (κ3) is 4.09. The predicted molar refractivity (Wildman–Crippen MR) is 54.2 cm³/mol. The first kappa shape index (κ1) is 11.5. The number of ether oxygens (including phenoxy) is 1. The average Bonchev–Trinajstić information content (AvgIpc) is 2.01. The van der Waals surface area contributed by atoms with Crippen molar-refractivity contribution in [2.45, 2.75) is 58.2 Å². The van der Waals surface area contributed by atoms with Gasteiger partial charge in [0.15, 0.2) is 0 Å². The van der Waals surface area contributed by atoms with Crippen LogP contribution < -0.4 is 0 Å². The van der Waals surface area contributed by atoms with Crippen molar-refractivity contribution in [3.05, 3.63) is 0 Å². The molecule has 0 bridgehead atoms. The van der Waals surface area contributed by atoms with Gasteiger partial charge in [0, 0.05) is 0 Å². The smallest absolute Gasteiger partial charge is 0.305 e. The van der Waals surface area contributed by atoms with Crippen molar-refractivity contribution in [2.24, 2.45) is 5.92 Å². The molecule has 14 heavy (non-hydrogen) atoms. The van der Waals surface area contributed by atoms with Crippen LogP contribution in [0.25, 0.3) is 0 Å². The van der Waals surface area contributed by atoms with Crippen molar-refractivity contribution >= 4 is 5.97 Å². The molecule has 0 radical (unpaired) electrons. The molecule has 3 nitrogen and oxygen atoms in total. The molecule has 1 N–H and O–H groups in total. The van der Waals surface area contributed by atoms with Gasteiger partial charge in [0.25, 0.3) is 0 Å². The van der Waals surface area contributed by atoms with Crippen LogP contribution >= 0.6 is 0 Å². The molecule has 1 aliphatic carbocycles. The van der Waals surface area contributed by atoms with Crippen LogP contribution in [-0.2, 0) is 9.53 Å². The Balaban J connectivity index is 2.25. The van der Waals surface area contributed by atoms with Gasteiger partial charge in [0.05, 0.1) is 18.6 Å². The van der Waals surface area contributed by atoms with Gasteiger partial charge in [-0.25, -0.2) is 0 Å². The first-order valence-electron chi connectivity index (χ1n) is 5.45. The molecular formula is C11H20O3. The average molecular weight is 200 g/mol. The van der Waals surface area contributed by atoms with Crippen LogP contribution in [0.3, 0.4) is 0 Å². The SMILES string of the molecule is CC1CCCC(OC(C)CC(=O)O)C1. The Morgan fingerprint density at radius 3 is 2.86 bits per heavy atom. The van der Waals surface area contributed by atoms with E-state index in [1.807, 2.05) is 6.92 Å². The lowest BCUT2D eigenvalue weighted by atomic mass is 9.88. The molecule has 1 saturated carbocycles. The molecule has 82 valence electrons. The minimum atomic E-state index is -0.777. The lowest BCUT2D eigenvalue weighted by Gasteiger charge is -2.28. The van der Waals surface area contributed by atoms with E-state index < -0.39 is 5.97 Å². The zero-order valence-corrected chi connectivity index (χ0v) is 9.03. The minimum absolute atomic E-state index is 0.116. The maximum Gasteiger partial charge on any atom is 0.305 e. The van der Waals surface area contributed by atoms with Crippen LogP contribution in [0.4, 0.5) is 0 Å². The van der Waals surface area contributed by atoms with E-state index in [9.17, 15) is 4.79 Å². The number of carbonyl (C=O) groups is 1. The highest BCUT2D eigenvalue weighted by molar-refractivity contribution is 5.67. The highest BCUT2D eigenvalue weighted by Gasteiger charge is 2.21. The van der Waals surface area contributed by atoms with E-state index in [1.165, 1.54) is 12.8 Å². The number of hydrogen-bond acceptors (Lipinski definition) is 2. The number of aliphatic carboxylic acids is 1. The summed E-state index contributed by atoms with van der Waals surface area (Å²) in [6, 6.07) is 0. The Morgan fingerprint density at radius 2 is 2.29 bits per heavy atom. The second-order valence-corrected chi connectivity index (χ2v) is 4.44. The lowest BCUT2D eigenvalue weighted by molar-refractivity contribution is -0.141. The fourth-order valence-corrected chi connectivity index (χ4v) is 2.12. The number of rotatable bonds is 4. The van der Waals surface area contributed by atoms with E-state index >= 15 is 0 Å². The quantitative estimate of drug-likeness (QED) is 0.758. The Morgan fingerprint density at radius 1 is 1.57 bits per heavy atom. The van der Waals surface area contributed by atoms with Gasteiger partial charge in [-0.1, -0.05) is 19.8 Å². The van der Waals surface area contributed by atoms with Gasteiger partial charge < -0.3 is 9.84 Å². The summed E-state index contributed by atoms with van der Waals surface area (Å²) in [6.07, 6.45) is 4.93. The van der Waals surface area contributed by atoms with E-state index in [2.05, 4.69) is 6.92 Å². The van der Waals surface area contributed by atoms with Crippen molar-refractivity contribution in [1.82, 2.24) is 0 Å². The molecular weight excluding hydrogens is 180 g/mol. The van der Waals surface area contributed by atoms with E-state index in [0.29, 0.717) is 0 Å². The third-order valence-corrected chi connectivity index (χ3v) is 2.78. The maximum atomic E-state index is 10.4. The molecule has 0 aromatic heterocycles. The molecule has 0 heterocycles. The summed E-state index contributed by atoms with van der Waals surface area (Å²) in [5.74, 6) is -0.0489. The van der Waals surface area contributed by atoms with Crippen LogP contribution in [-0.4, -0.2) is 23.3 Å². The number of carboxylic acids is 1. The predicted octanol–water partition coefficient (Wildman–Crippen LogP) is 2.44. The number of hydrogen-bond donors (Lipinski definition) is 1. The molecule has 1 rings (SSSR count). The zero-order valence-electron chi connectivity index (χ0n) is 9.03. The monoisotopic (exact) mass is 200 g/mol. The molecule has 1 aliphatic rings. The van der Waals surface area contributed by atoms with Gasteiger partial charge in [-0.15, -0.1) is 0 Å². The van der Waals surface area contributed by atoms with Gasteiger partial charge in [-0.3, -0.25) is 4.79 Å². The fourth-order valence-electron chi connectivity index (χ4n) is 2.12. The standard InChI is InChI=1S/C11H20O3/c1-8-4-3-5-10(6-8)14-9(2)7-11(12)13/h8-10H,3-7H2,1-2H3,(H,12,13). The summed E-state index contributed by atoms with van der Waals surface area (Å²) >= 11 is 0. The summed E-state index contributed by atoms with van der Waals surface area (Å²) in [4.78, 5) is 10.4. The van der Waals surface area contributed by atoms with Crippen molar-refractivity contribution in [3.8, 4) is 0 Å². The Labute approximate surface area is 85.5 Å². The first-order valence-corrected chi connectivity index (χ1v) is 5.45.